The topological polar surface area (TPSA) is 43.0 Å². The maximum absolute atomic E-state index is 5.37. The van der Waals surface area contributed by atoms with Gasteiger partial charge in [0.1, 0.15) is 0 Å². The molecule has 0 aromatic heterocycles. The molecule has 1 N–H and O–H groups in total. The number of rotatable bonds is 6. The second-order valence-corrected chi connectivity index (χ2v) is 5.54. The molecule has 0 bridgehead atoms. The molecule has 1 aromatic carbocycles. The average molecular weight is 294 g/mol. The van der Waals surface area contributed by atoms with Gasteiger partial charge in [-0.25, -0.2) is 0 Å². The van der Waals surface area contributed by atoms with Crippen molar-refractivity contribution in [1.29, 1.82) is 0 Å². The molecule has 5 heteroatoms. The first-order valence-electron chi connectivity index (χ1n) is 7.40. The second kappa shape index (κ2) is 7.41. The summed E-state index contributed by atoms with van der Waals surface area (Å²) in [7, 11) is 7.07. The van der Waals surface area contributed by atoms with E-state index in [4.69, 9.17) is 14.2 Å². The van der Waals surface area contributed by atoms with Crippen LogP contribution < -0.4 is 19.5 Å². The van der Waals surface area contributed by atoms with Gasteiger partial charge in [-0.05, 0) is 38.9 Å². The first kappa shape index (κ1) is 15.8. The molecular weight excluding hydrogens is 268 g/mol. The minimum absolute atomic E-state index is 0.629. The molecule has 1 heterocycles. The third kappa shape index (κ3) is 3.94. The molecule has 1 aromatic rings. The standard InChI is InChI=1S/C16H26N2O3/c1-18-7-5-12(6-8-18)11-17-13-9-14(19-2)16(21-4)15(10-13)20-3/h9-10,12,17H,5-8,11H2,1-4H3. The Hall–Kier alpha value is -1.62. The van der Waals surface area contributed by atoms with Crippen molar-refractivity contribution in [1.82, 2.24) is 4.90 Å². The van der Waals surface area contributed by atoms with Crippen LogP contribution in [0.25, 0.3) is 0 Å². The van der Waals surface area contributed by atoms with E-state index in [-0.39, 0.29) is 0 Å². The van der Waals surface area contributed by atoms with Crippen molar-refractivity contribution in [2.45, 2.75) is 12.8 Å². The summed E-state index contributed by atoms with van der Waals surface area (Å²) in [6, 6.07) is 3.91. The molecule has 0 saturated carbocycles. The highest BCUT2D eigenvalue weighted by molar-refractivity contribution is 5.62. The minimum atomic E-state index is 0.629. The number of nitrogens with zero attached hydrogens (tertiary/aromatic N) is 1. The fourth-order valence-electron chi connectivity index (χ4n) is 2.71. The molecule has 0 amide bonds. The van der Waals surface area contributed by atoms with E-state index in [2.05, 4.69) is 17.3 Å². The summed E-state index contributed by atoms with van der Waals surface area (Å²) in [6.45, 7) is 3.34. The van der Waals surface area contributed by atoms with E-state index in [1.54, 1.807) is 21.3 Å². The highest BCUT2D eigenvalue weighted by Gasteiger charge is 2.17. The van der Waals surface area contributed by atoms with Crippen molar-refractivity contribution >= 4 is 5.69 Å². The summed E-state index contributed by atoms with van der Waals surface area (Å²) in [5.41, 5.74) is 1.00. The third-order valence-electron chi connectivity index (χ3n) is 4.10. The van der Waals surface area contributed by atoms with Crippen molar-refractivity contribution in [2.75, 3.05) is 53.3 Å². The summed E-state index contributed by atoms with van der Waals surface area (Å²) >= 11 is 0. The second-order valence-electron chi connectivity index (χ2n) is 5.54. The molecule has 5 nitrogen and oxygen atoms in total. The van der Waals surface area contributed by atoms with Crippen molar-refractivity contribution < 1.29 is 14.2 Å². The Kier molecular flexibility index (Phi) is 5.56. The van der Waals surface area contributed by atoms with Gasteiger partial charge < -0.3 is 24.4 Å². The van der Waals surface area contributed by atoms with Crippen LogP contribution in [0.4, 0.5) is 5.69 Å². The summed E-state index contributed by atoms with van der Waals surface area (Å²) in [5, 5.41) is 3.50. The van der Waals surface area contributed by atoms with Crippen molar-refractivity contribution in [3.05, 3.63) is 12.1 Å². The van der Waals surface area contributed by atoms with E-state index in [0.29, 0.717) is 17.2 Å². The van der Waals surface area contributed by atoms with E-state index >= 15 is 0 Å². The molecule has 118 valence electrons. The van der Waals surface area contributed by atoms with Crippen LogP contribution in [0.15, 0.2) is 12.1 Å². The Morgan fingerprint density at radius 1 is 1.05 bits per heavy atom. The first-order valence-corrected chi connectivity index (χ1v) is 7.40. The molecule has 0 spiro atoms. The number of ether oxygens (including phenoxy) is 3. The molecule has 0 atom stereocenters. The zero-order chi connectivity index (χ0) is 15.2. The average Bonchev–Trinajstić information content (AvgIpc) is 2.53. The van der Waals surface area contributed by atoms with Gasteiger partial charge in [0.25, 0.3) is 0 Å². The Balaban J connectivity index is 2.02. The van der Waals surface area contributed by atoms with Gasteiger partial charge in [0.2, 0.25) is 5.75 Å². The predicted octanol–water partition coefficient (Wildman–Crippen LogP) is 2.47. The largest absolute Gasteiger partial charge is 0.493 e. The van der Waals surface area contributed by atoms with Gasteiger partial charge in [-0.15, -0.1) is 0 Å². The lowest BCUT2D eigenvalue weighted by Gasteiger charge is -2.29. The highest BCUT2D eigenvalue weighted by atomic mass is 16.5. The van der Waals surface area contributed by atoms with Gasteiger partial charge >= 0.3 is 0 Å². The molecule has 21 heavy (non-hydrogen) atoms. The smallest absolute Gasteiger partial charge is 0.203 e. The maximum Gasteiger partial charge on any atom is 0.203 e. The monoisotopic (exact) mass is 294 g/mol. The normalized spacial score (nSPS) is 16.6. The minimum Gasteiger partial charge on any atom is -0.493 e. The number of anilines is 1. The lowest BCUT2D eigenvalue weighted by molar-refractivity contribution is 0.226. The Labute approximate surface area is 127 Å². The quantitative estimate of drug-likeness (QED) is 0.873. The number of methoxy groups -OCH3 is 3. The zero-order valence-corrected chi connectivity index (χ0v) is 13.4. The molecule has 1 fully saturated rings. The van der Waals surface area contributed by atoms with Gasteiger partial charge in [-0.1, -0.05) is 0 Å². The molecule has 1 aliphatic rings. The van der Waals surface area contributed by atoms with Crippen LogP contribution in [-0.4, -0.2) is 52.9 Å². The van der Waals surface area contributed by atoms with Gasteiger partial charge in [0.15, 0.2) is 11.5 Å². The van der Waals surface area contributed by atoms with Crippen molar-refractivity contribution in [3.8, 4) is 17.2 Å². The Bertz CT molecular complexity index is 432. The molecule has 0 radical (unpaired) electrons. The Morgan fingerprint density at radius 3 is 2.10 bits per heavy atom. The van der Waals surface area contributed by atoms with Crippen LogP contribution in [0.3, 0.4) is 0 Å². The maximum atomic E-state index is 5.37. The number of piperidine rings is 1. The molecule has 0 unspecified atom stereocenters. The highest BCUT2D eigenvalue weighted by Crippen LogP contribution is 2.40. The van der Waals surface area contributed by atoms with Gasteiger partial charge in [-0.3, -0.25) is 0 Å². The van der Waals surface area contributed by atoms with Gasteiger partial charge in [0.05, 0.1) is 21.3 Å². The van der Waals surface area contributed by atoms with E-state index in [0.717, 1.165) is 18.2 Å². The van der Waals surface area contributed by atoms with E-state index in [1.807, 2.05) is 12.1 Å². The van der Waals surface area contributed by atoms with Crippen LogP contribution in [0.1, 0.15) is 12.8 Å². The fourth-order valence-corrected chi connectivity index (χ4v) is 2.71. The number of hydrogen-bond donors (Lipinski definition) is 1. The third-order valence-corrected chi connectivity index (χ3v) is 4.10. The molecule has 1 saturated heterocycles. The number of benzene rings is 1. The summed E-state index contributed by atoms with van der Waals surface area (Å²) in [5.74, 6) is 2.72. The number of likely N-dealkylation sites (tertiary alicyclic amines) is 1. The molecular formula is C16H26N2O3. The molecule has 1 aliphatic heterocycles. The van der Waals surface area contributed by atoms with E-state index < -0.39 is 0 Å². The zero-order valence-electron chi connectivity index (χ0n) is 13.4. The SMILES string of the molecule is COc1cc(NCC2CCN(C)CC2)cc(OC)c1OC. The summed E-state index contributed by atoms with van der Waals surface area (Å²) in [4.78, 5) is 2.38. The molecule has 2 rings (SSSR count). The van der Waals surface area contributed by atoms with E-state index in [9.17, 15) is 0 Å². The molecule has 0 aliphatic carbocycles. The van der Waals surface area contributed by atoms with Crippen molar-refractivity contribution in [2.24, 2.45) is 5.92 Å². The van der Waals surface area contributed by atoms with Crippen LogP contribution >= 0.6 is 0 Å². The van der Waals surface area contributed by atoms with Crippen LogP contribution in [0.2, 0.25) is 0 Å². The van der Waals surface area contributed by atoms with Crippen molar-refractivity contribution in [3.63, 3.8) is 0 Å². The van der Waals surface area contributed by atoms with Crippen LogP contribution in [0, 0.1) is 5.92 Å². The Morgan fingerprint density at radius 2 is 1.62 bits per heavy atom. The number of hydrogen-bond acceptors (Lipinski definition) is 5. The first-order chi connectivity index (χ1) is 10.2. The lowest BCUT2D eigenvalue weighted by Crippen LogP contribution is -2.32. The van der Waals surface area contributed by atoms with Crippen LogP contribution in [0.5, 0.6) is 17.2 Å². The van der Waals surface area contributed by atoms with Crippen LogP contribution in [-0.2, 0) is 0 Å². The summed E-state index contributed by atoms with van der Waals surface area (Å²) < 4.78 is 16.1. The predicted molar refractivity (Wildman–Crippen MR) is 84.8 cm³/mol. The van der Waals surface area contributed by atoms with Gasteiger partial charge in [-0.2, -0.15) is 0 Å². The lowest BCUT2D eigenvalue weighted by atomic mass is 9.97. The number of nitrogens with one attached hydrogen (secondary N) is 1. The van der Waals surface area contributed by atoms with E-state index in [1.165, 1.54) is 25.9 Å². The van der Waals surface area contributed by atoms with Gasteiger partial charge in [0, 0.05) is 24.4 Å². The summed E-state index contributed by atoms with van der Waals surface area (Å²) in [6.07, 6.45) is 2.49. The fraction of sp³-hybridized carbons (Fsp3) is 0.625.